The van der Waals surface area contributed by atoms with E-state index in [9.17, 15) is 4.79 Å². The number of thioether (sulfide) groups is 1. The fraction of sp³-hybridized carbons (Fsp3) is 0.529. The van der Waals surface area contributed by atoms with Crippen molar-refractivity contribution in [3.8, 4) is 0 Å². The first-order chi connectivity index (χ1) is 11.6. The van der Waals surface area contributed by atoms with E-state index in [2.05, 4.69) is 27.2 Å². The molecule has 3 N–H and O–H groups in total. The van der Waals surface area contributed by atoms with E-state index in [-0.39, 0.29) is 5.91 Å². The predicted octanol–water partition coefficient (Wildman–Crippen LogP) is 1.01. The molecule has 0 aliphatic carbocycles. The molecule has 1 amide bonds. The van der Waals surface area contributed by atoms with Crippen molar-refractivity contribution >= 4 is 23.6 Å². The van der Waals surface area contributed by atoms with E-state index in [1.54, 1.807) is 18.8 Å². The molecule has 0 fully saturated rings. The van der Waals surface area contributed by atoms with Crippen LogP contribution in [0.15, 0.2) is 29.3 Å². The molecule has 1 aromatic carbocycles. The van der Waals surface area contributed by atoms with Crippen molar-refractivity contribution in [1.82, 2.24) is 20.9 Å². The molecule has 0 heterocycles. The first kappa shape index (κ1) is 20.3. The number of nitrogens with zero attached hydrogens (tertiary/aromatic N) is 2. The van der Waals surface area contributed by atoms with Crippen LogP contribution in [0, 0.1) is 0 Å². The van der Waals surface area contributed by atoms with Crippen LogP contribution in [0.3, 0.4) is 0 Å². The molecular weight excluding hydrogens is 322 g/mol. The number of benzene rings is 1. The third kappa shape index (κ3) is 8.21. The minimum Gasteiger partial charge on any atom is -0.356 e. The van der Waals surface area contributed by atoms with Gasteiger partial charge in [0.2, 0.25) is 0 Å². The van der Waals surface area contributed by atoms with Gasteiger partial charge in [0.05, 0.1) is 0 Å². The zero-order valence-corrected chi connectivity index (χ0v) is 15.9. The Morgan fingerprint density at radius 3 is 2.67 bits per heavy atom. The molecule has 7 heteroatoms. The quantitative estimate of drug-likeness (QED) is 0.352. The molecule has 0 aliphatic heterocycles. The first-order valence-electron chi connectivity index (χ1n) is 8.02. The monoisotopic (exact) mass is 351 g/mol. The van der Waals surface area contributed by atoms with Gasteiger partial charge in [0.1, 0.15) is 0 Å². The highest BCUT2D eigenvalue weighted by Crippen LogP contribution is 2.05. The number of likely N-dealkylation sites (N-methyl/N-ethyl adjacent to an activating group) is 1. The average molecular weight is 352 g/mol. The Bertz CT molecular complexity index is 533. The number of hydrogen-bond donors (Lipinski definition) is 3. The van der Waals surface area contributed by atoms with E-state index in [4.69, 9.17) is 0 Å². The Balaban J connectivity index is 2.51. The summed E-state index contributed by atoms with van der Waals surface area (Å²) in [6.07, 6.45) is 2.08. The maximum atomic E-state index is 12.2. The van der Waals surface area contributed by atoms with E-state index in [0.717, 1.165) is 30.4 Å². The van der Waals surface area contributed by atoms with Crippen LogP contribution in [0.25, 0.3) is 0 Å². The van der Waals surface area contributed by atoms with Crippen molar-refractivity contribution in [3.05, 3.63) is 35.4 Å². The van der Waals surface area contributed by atoms with Crippen molar-refractivity contribution in [3.63, 3.8) is 0 Å². The van der Waals surface area contributed by atoms with Crippen LogP contribution < -0.4 is 16.0 Å². The van der Waals surface area contributed by atoms with Gasteiger partial charge in [-0.05, 0) is 38.0 Å². The molecule has 0 atom stereocenters. The molecule has 0 radical (unpaired) electrons. The van der Waals surface area contributed by atoms with Gasteiger partial charge in [0.25, 0.3) is 5.91 Å². The average Bonchev–Trinajstić information content (AvgIpc) is 2.58. The highest BCUT2D eigenvalue weighted by atomic mass is 32.2. The van der Waals surface area contributed by atoms with Crippen LogP contribution in [-0.2, 0) is 6.54 Å². The van der Waals surface area contributed by atoms with Gasteiger partial charge in [0.15, 0.2) is 5.96 Å². The van der Waals surface area contributed by atoms with E-state index in [1.165, 1.54) is 0 Å². The van der Waals surface area contributed by atoms with Gasteiger partial charge < -0.3 is 20.9 Å². The molecule has 0 saturated carbocycles. The summed E-state index contributed by atoms with van der Waals surface area (Å²) in [6.45, 7) is 2.96. The van der Waals surface area contributed by atoms with E-state index < -0.39 is 0 Å². The summed E-state index contributed by atoms with van der Waals surface area (Å²) in [7, 11) is 5.72. The molecule has 0 aliphatic rings. The lowest BCUT2D eigenvalue weighted by molar-refractivity contribution is 0.0951. The molecule has 24 heavy (non-hydrogen) atoms. The summed E-state index contributed by atoms with van der Waals surface area (Å²) in [5.41, 5.74) is 1.72. The maximum Gasteiger partial charge on any atom is 0.251 e. The van der Waals surface area contributed by atoms with Crippen molar-refractivity contribution in [2.24, 2.45) is 4.99 Å². The standard InChI is InChI=1S/C17H29N5OS/c1-18-17(20-9-11-24-4)21-13-14-6-5-7-15(12-14)16(23)19-8-10-22(2)3/h5-7,12H,8-11,13H2,1-4H3,(H,19,23)(H2,18,20,21). The molecule has 1 aromatic rings. The maximum absolute atomic E-state index is 12.2. The fourth-order valence-electron chi connectivity index (χ4n) is 2.00. The second-order valence-electron chi connectivity index (χ2n) is 5.60. The lowest BCUT2D eigenvalue weighted by atomic mass is 10.1. The fourth-order valence-corrected chi connectivity index (χ4v) is 2.30. The zero-order chi connectivity index (χ0) is 17.8. The summed E-state index contributed by atoms with van der Waals surface area (Å²) < 4.78 is 0. The second-order valence-corrected chi connectivity index (χ2v) is 6.59. The van der Waals surface area contributed by atoms with Gasteiger partial charge in [-0.1, -0.05) is 12.1 Å². The highest BCUT2D eigenvalue weighted by molar-refractivity contribution is 7.98. The van der Waals surface area contributed by atoms with Crippen LogP contribution in [-0.4, -0.2) is 69.6 Å². The van der Waals surface area contributed by atoms with Gasteiger partial charge in [-0.2, -0.15) is 11.8 Å². The minimum absolute atomic E-state index is 0.0406. The second kappa shape index (κ2) is 11.8. The van der Waals surface area contributed by atoms with Crippen LogP contribution in [0.5, 0.6) is 0 Å². The van der Waals surface area contributed by atoms with Gasteiger partial charge >= 0.3 is 0 Å². The molecular formula is C17H29N5OS. The topological polar surface area (TPSA) is 68.8 Å². The number of hydrogen-bond acceptors (Lipinski definition) is 4. The van der Waals surface area contributed by atoms with E-state index in [0.29, 0.717) is 18.7 Å². The Morgan fingerprint density at radius 2 is 2.00 bits per heavy atom. The lowest BCUT2D eigenvalue weighted by Crippen LogP contribution is -2.38. The summed E-state index contributed by atoms with van der Waals surface area (Å²) in [5, 5.41) is 9.44. The van der Waals surface area contributed by atoms with Crippen LogP contribution in [0.1, 0.15) is 15.9 Å². The molecule has 1 rings (SSSR count). The predicted molar refractivity (Wildman–Crippen MR) is 104 cm³/mol. The Hall–Kier alpha value is -1.73. The van der Waals surface area contributed by atoms with Gasteiger partial charge in [0, 0.05) is 44.5 Å². The van der Waals surface area contributed by atoms with Crippen LogP contribution in [0.4, 0.5) is 0 Å². The lowest BCUT2D eigenvalue weighted by Gasteiger charge is -2.13. The zero-order valence-electron chi connectivity index (χ0n) is 15.1. The van der Waals surface area contributed by atoms with Crippen LogP contribution in [0.2, 0.25) is 0 Å². The van der Waals surface area contributed by atoms with E-state index >= 15 is 0 Å². The van der Waals surface area contributed by atoms with Crippen molar-refractivity contribution in [2.45, 2.75) is 6.54 Å². The number of aliphatic imine (C=N–C) groups is 1. The minimum atomic E-state index is -0.0406. The third-order valence-corrected chi connectivity index (χ3v) is 3.93. The summed E-state index contributed by atoms with van der Waals surface area (Å²) in [4.78, 5) is 18.4. The van der Waals surface area contributed by atoms with E-state index in [1.807, 2.05) is 43.3 Å². The number of carbonyl (C=O) groups excluding carboxylic acids is 1. The Kier molecular flexibility index (Phi) is 9.95. The number of amides is 1. The summed E-state index contributed by atoms with van der Waals surface area (Å²) in [5.74, 6) is 1.76. The summed E-state index contributed by atoms with van der Waals surface area (Å²) >= 11 is 1.79. The molecule has 0 unspecified atom stereocenters. The van der Waals surface area contributed by atoms with Gasteiger partial charge in [-0.3, -0.25) is 9.79 Å². The summed E-state index contributed by atoms with van der Waals surface area (Å²) in [6, 6.07) is 7.65. The molecule has 0 aromatic heterocycles. The number of rotatable bonds is 9. The Labute approximate surface area is 149 Å². The first-order valence-corrected chi connectivity index (χ1v) is 9.41. The largest absolute Gasteiger partial charge is 0.356 e. The molecule has 0 spiro atoms. The van der Waals surface area contributed by atoms with Gasteiger partial charge in [-0.15, -0.1) is 0 Å². The Morgan fingerprint density at radius 1 is 1.21 bits per heavy atom. The van der Waals surface area contributed by atoms with Gasteiger partial charge in [-0.25, -0.2) is 0 Å². The number of nitrogens with one attached hydrogen (secondary N) is 3. The normalized spacial score (nSPS) is 11.5. The van der Waals surface area contributed by atoms with Crippen LogP contribution >= 0.6 is 11.8 Å². The molecule has 6 nitrogen and oxygen atoms in total. The molecule has 0 bridgehead atoms. The highest BCUT2D eigenvalue weighted by Gasteiger charge is 2.06. The number of guanidine groups is 1. The van der Waals surface area contributed by atoms with Crippen molar-refractivity contribution < 1.29 is 4.79 Å². The smallest absolute Gasteiger partial charge is 0.251 e. The number of carbonyl (C=O) groups is 1. The van der Waals surface area contributed by atoms with Crippen molar-refractivity contribution in [1.29, 1.82) is 0 Å². The molecule has 0 saturated heterocycles. The third-order valence-electron chi connectivity index (χ3n) is 3.32. The SMILES string of the molecule is CN=C(NCCSC)NCc1cccc(C(=O)NCCN(C)C)c1. The van der Waals surface area contributed by atoms with Crippen molar-refractivity contribution in [2.75, 3.05) is 52.8 Å². The molecule has 134 valence electrons.